The van der Waals surface area contributed by atoms with Gasteiger partial charge in [0.25, 0.3) is 0 Å². The van der Waals surface area contributed by atoms with Crippen molar-refractivity contribution in [1.29, 1.82) is 0 Å². The standard InChI is InChI=1S/C20H17N7O2S/c1-29-19(28)10-2-5-15-14(8-10)24-17(18-23-6-7-30-18)27(15)11-3-4-12-13(9-11)25-20(22)26-16(12)21/h2-9,19,28H,1H3,(H4,21,22,25,26). The third-order valence-corrected chi connectivity index (χ3v) is 5.57. The first kappa shape index (κ1) is 18.4. The molecule has 1 unspecified atom stereocenters. The van der Waals surface area contributed by atoms with E-state index in [-0.39, 0.29) is 5.95 Å². The molecule has 10 heteroatoms. The first-order valence-corrected chi connectivity index (χ1v) is 9.89. The van der Waals surface area contributed by atoms with Gasteiger partial charge in [-0.1, -0.05) is 6.07 Å². The number of aliphatic hydroxyl groups is 1. The van der Waals surface area contributed by atoms with Crippen molar-refractivity contribution >= 4 is 45.0 Å². The number of benzene rings is 2. The highest BCUT2D eigenvalue weighted by molar-refractivity contribution is 7.13. The number of hydrogen-bond acceptors (Lipinski definition) is 9. The van der Waals surface area contributed by atoms with E-state index < -0.39 is 6.29 Å². The maximum absolute atomic E-state index is 10.0. The van der Waals surface area contributed by atoms with Gasteiger partial charge in [-0.15, -0.1) is 11.3 Å². The molecule has 0 amide bonds. The topological polar surface area (TPSA) is 138 Å². The number of nitrogen functional groups attached to an aromatic ring is 2. The second kappa shape index (κ2) is 7.02. The molecule has 2 aromatic carbocycles. The summed E-state index contributed by atoms with van der Waals surface area (Å²) >= 11 is 1.49. The quantitative estimate of drug-likeness (QED) is 0.378. The second-order valence-electron chi connectivity index (χ2n) is 6.61. The van der Waals surface area contributed by atoms with E-state index in [1.54, 1.807) is 18.3 Å². The number of methoxy groups -OCH3 is 1. The van der Waals surface area contributed by atoms with Gasteiger partial charge < -0.3 is 21.3 Å². The van der Waals surface area contributed by atoms with Crippen LogP contribution in [0.1, 0.15) is 11.9 Å². The molecule has 1 atom stereocenters. The lowest BCUT2D eigenvalue weighted by atomic mass is 10.1. The minimum atomic E-state index is -1.02. The van der Waals surface area contributed by atoms with Crippen LogP contribution < -0.4 is 11.5 Å². The van der Waals surface area contributed by atoms with Crippen LogP contribution in [0.2, 0.25) is 0 Å². The molecule has 30 heavy (non-hydrogen) atoms. The Morgan fingerprint density at radius 3 is 2.70 bits per heavy atom. The summed E-state index contributed by atoms with van der Waals surface area (Å²) < 4.78 is 7.01. The molecule has 9 nitrogen and oxygen atoms in total. The van der Waals surface area contributed by atoms with Gasteiger partial charge >= 0.3 is 0 Å². The zero-order chi connectivity index (χ0) is 20.8. The average molecular weight is 419 g/mol. The molecule has 5 aromatic rings. The molecular weight excluding hydrogens is 402 g/mol. The van der Waals surface area contributed by atoms with Crippen LogP contribution in [0.25, 0.3) is 38.5 Å². The number of rotatable bonds is 4. The molecule has 3 heterocycles. The fraction of sp³-hybridized carbons (Fsp3) is 0.100. The highest BCUT2D eigenvalue weighted by atomic mass is 32.1. The van der Waals surface area contributed by atoms with Gasteiger partial charge in [-0.2, -0.15) is 4.98 Å². The first-order chi connectivity index (χ1) is 14.5. The van der Waals surface area contributed by atoms with Crippen molar-refractivity contribution in [1.82, 2.24) is 24.5 Å². The lowest BCUT2D eigenvalue weighted by Crippen LogP contribution is -2.02. The summed E-state index contributed by atoms with van der Waals surface area (Å²) in [6.07, 6.45) is 0.713. The smallest absolute Gasteiger partial charge is 0.222 e. The molecule has 0 saturated carbocycles. The minimum absolute atomic E-state index is 0.117. The lowest BCUT2D eigenvalue weighted by Gasteiger charge is -2.11. The van der Waals surface area contributed by atoms with Crippen LogP contribution >= 0.6 is 11.3 Å². The fourth-order valence-electron chi connectivity index (χ4n) is 3.43. The number of aliphatic hydroxyl groups excluding tert-OH is 1. The zero-order valence-corrected chi connectivity index (χ0v) is 16.7. The number of nitrogens with two attached hydrogens (primary N) is 2. The van der Waals surface area contributed by atoms with Crippen LogP contribution in [-0.4, -0.2) is 36.7 Å². The van der Waals surface area contributed by atoms with Crippen LogP contribution in [0.5, 0.6) is 0 Å². The number of thiazole rings is 1. The maximum atomic E-state index is 10.0. The number of hydrogen-bond donors (Lipinski definition) is 3. The normalized spacial score (nSPS) is 12.6. The first-order valence-electron chi connectivity index (χ1n) is 9.01. The molecule has 0 saturated heterocycles. The van der Waals surface area contributed by atoms with Gasteiger partial charge in [-0.25, -0.2) is 15.0 Å². The predicted octanol–water partition coefficient (Wildman–Crippen LogP) is 2.89. The summed E-state index contributed by atoms with van der Waals surface area (Å²) in [5.74, 6) is 1.13. The number of anilines is 2. The van der Waals surface area contributed by atoms with Crippen molar-refractivity contribution < 1.29 is 9.84 Å². The molecule has 0 spiro atoms. The summed E-state index contributed by atoms with van der Waals surface area (Å²) in [5, 5.41) is 13.4. The van der Waals surface area contributed by atoms with Crippen molar-refractivity contribution in [3.05, 3.63) is 53.5 Å². The zero-order valence-electron chi connectivity index (χ0n) is 15.9. The van der Waals surface area contributed by atoms with E-state index >= 15 is 0 Å². The van der Waals surface area contributed by atoms with Crippen LogP contribution in [0, 0.1) is 0 Å². The van der Waals surface area contributed by atoms with E-state index in [1.165, 1.54) is 18.4 Å². The number of imidazole rings is 1. The van der Waals surface area contributed by atoms with Crippen LogP contribution in [-0.2, 0) is 4.74 Å². The third-order valence-electron chi connectivity index (χ3n) is 4.80. The largest absolute Gasteiger partial charge is 0.383 e. The summed E-state index contributed by atoms with van der Waals surface area (Å²) in [6.45, 7) is 0. The lowest BCUT2D eigenvalue weighted by molar-refractivity contribution is -0.0768. The Balaban J connectivity index is 1.78. The number of aromatic nitrogens is 5. The second-order valence-corrected chi connectivity index (χ2v) is 7.51. The summed E-state index contributed by atoms with van der Waals surface area (Å²) in [7, 11) is 1.45. The van der Waals surface area contributed by atoms with Crippen molar-refractivity contribution in [2.45, 2.75) is 6.29 Å². The highest BCUT2D eigenvalue weighted by Crippen LogP contribution is 2.32. The molecule has 0 aliphatic heterocycles. The summed E-state index contributed by atoms with van der Waals surface area (Å²) in [4.78, 5) is 17.5. The Morgan fingerprint density at radius 1 is 1.07 bits per heavy atom. The van der Waals surface area contributed by atoms with E-state index in [4.69, 9.17) is 21.2 Å². The molecule has 0 aliphatic rings. The Hall–Kier alpha value is -3.60. The highest BCUT2D eigenvalue weighted by Gasteiger charge is 2.18. The average Bonchev–Trinajstić information content (AvgIpc) is 3.39. The van der Waals surface area contributed by atoms with Crippen LogP contribution in [0.4, 0.5) is 11.8 Å². The van der Waals surface area contributed by atoms with Crippen LogP contribution in [0.3, 0.4) is 0 Å². The van der Waals surface area contributed by atoms with Crippen molar-refractivity contribution in [3.63, 3.8) is 0 Å². The summed E-state index contributed by atoms with van der Waals surface area (Å²) in [6, 6.07) is 11.2. The van der Waals surface area contributed by atoms with Gasteiger partial charge in [0.2, 0.25) is 5.95 Å². The summed E-state index contributed by atoms with van der Waals surface area (Å²) in [5.41, 5.74) is 15.4. The molecule has 5 N–H and O–H groups in total. The Bertz CT molecular complexity index is 1380. The molecule has 0 aliphatic carbocycles. The number of nitrogens with zero attached hydrogens (tertiary/aromatic N) is 5. The van der Waals surface area contributed by atoms with Gasteiger partial charge in [-0.3, -0.25) is 4.57 Å². The van der Waals surface area contributed by atoms with E-state index in [9.17, 15) is 5.11 Å². The van der Waals surface area contributed by atoms with E-state index in [2.05, 4.69) is 15.0 Å². The van der Waals surface area contributed by atoms with Gasteiger partial charge in [0, 0.05) is 35.3 Å². The monoisotopic (exact) mass is 419 g/mol. The van der Waals surface area contributed by atoms with E-state index in [1.807, 2.05) is 34.2 Å². The Kier molecular flexibility index (Phi) is 4.31. The fourth-order valence-corrected chi connectivity index (χ4v) is 4.04. The van der Waals surface area contributed by atoms with E-state index in [0.717, 1.165) is 21.6 Å². The van der Waals surface area contributed by atoms with Crippen molar-refractivity contribution in [3.8, 4) is 16.5 Å². The molecule has 0 radical (unpaired) electrons. The van der Waals surface area contributed by atoms with Gasteiger partial charge in [0.05, 0.1) is 16.6 Å². The predicted molar refractivity (Wildman–Crippen MR) is 116 cm³/mol. The van der Waals surface area contributed by atoms with Crippen molar-refractivity contribution in [2.24, 2.45) is 0 Å². The molecule has 3 aromatic heterocycles. The molecule has 150 valence electrons. The molecule has 5 rings (SSSR count). The number of ether oxygens (including phenoxy) is 1. The SMILES string of the molecule is COC(O)c1ccc2c(c1)nc(-c1nccs1)n2-c1ccc2c(N)nc(N)nc2c1. The Morgan fingerprint density at radius 2 is 1.93 bits per heavy atom. The minimum Gasteiger partial charge on any atom is -0.383 e. The number of fused-ring (bicyclic) bond motifs is 2. The Labute approximate surface area is 174 Å². The molecule has 0 fully saturated rings. The van der Waals surface area contributed by atoms with Crippen LogP contribution in [0.15, 0.2) is 48.0 Å². The maximum Gasteiger partial charge on any atom is 0.222 e. The molecular formula is C20H17N7O2S. The van der Waals surface area contributed by atoms with Gasteiger partial charge in [0.1, 0.15) is 5.82 Å². The van der Waals surface area contributed by atoms with E-state index in [0.29, 0.717) is 28.2 Å². The molecule has 0 bridgehead atoms. The van der Waals surface area contributed by atoms with Gasteiger partial charge in [-0.05, 0) is 30.3 Å². The van der Waals surface area contributed by atoms with Gasteiger partial charge in [0.15, 0.2) is 17.1 Å². The third kappa shape index (κ3) is 2.94. The van der Waals surface area contributed by atoms with Crippen molar-refractivity contribution in [2.75, 3.05) is 18.6 Å².